The lowest BCUT2D eigenvalue weighted by Crippen LogP contribution is -2.49. The summed E-state index contributed by atoms with van der Waals surface area (Å²) in [6.45, 7) is 8.79. The zero-order valence-corrected chi connectivity index (χ0v) is 12.2. The normalized spacial score (nSPS) is 23.5. The molecule has 4 heteroatoms. The van der Waals surface area contributed by atoms with Gasteiger partial charge in [-0.05, 0) is 25.3 Å². The fourth-order valence-electron chi connectivity index (χ4n) is 2.43. The van der Waals surface area contributed by atoms with Crippen molar-refractivity contribution in [2.45, 2.75) is 45.3 Å². The van der Waals surface area contributed by atoms with E-state index in [0.717, 1.165) is 32.8 Å². The van der Waals surface area contributed by atoms with Crippen LogP contribution in [0.25, 0.3) is 0 Å². The third-order valence-corrected chi connectivity index (χ3v) is 3.80. The minimum absolute atomic E-state index is 0.204. The van der Waals surface area contributed by atoms with Crippen molar-refractivity contribution in [1.29, 1.82) is 0 Å². The van der Waals surface area contributed by atoms with Gasteiger partial charge in [-0.25, -0.2) is 0 Å². The van der Waals surface area contributed by atoms with Crippen LogP contribution in [0, 0.1) is 5.92 Å². The summed E-state index contributed by atoms with van der Waals surface area (Å²) in [5, 5.41) is 13.5. The fraction of sp³-hybridized carbons (Fsp3) is 1.00. The molecule has 0 amide bonds. The number of aliphatic hydroxyl groups excluding tert-OH is 1. The molecule has 0 aromatic rings. The van der Waals surface area contributed by atoms with Gasteiger partial charge in [0.25, 0.3) is 0 Å². The van der Waals surface area contributed by atoms with E-state index >= 15 is 0 Å². The molecule has 0 aliphatic carbocycles. The van der Waals surface area contributed by atoms with Gasteiger partial charge < -0.3 is 15.2 Å². The van der Waals surface area contributed by atoms with Crippen molar-refractivity contribution in [3.8, 4) is 0 Å². The van der Waals surface area contributed by atoms with E-state index in [9.17, 15) is 5.11 Å². The molecule has 108 valence electrons. The number of nitrogens with zero attached hydrogens (tertiary/aromatic N) is 1. The van der Waals surface area contributed by atoms with Gasteiger partial charge in [0.15, 0.2) is 0 Å². The van der Waals surface area contributed by atoms with Gasteiger partial charge in [0.05, 0.1) is 12.7 Å². The molecule has 4 nitrogen and oxygen atoms in total. The summed E-state index contributed by atoms with van der Waals surface area (Å²) in [6.07, 6.45) is 3.61. The Hall–Kier alpha value is -0.160. The quantitative estimate of drug-likeness (QED) is 0.640. The zero-order valence-electron chi connectivity index (χ0n) is 12.2. The van der Waals surface area contributed by atoms with Crippen LogP contribution >= 0.6 is 0 Å². The molecule has 0 radical (unpaired) electrons. The van der Waals surface area contributed by atoms with Crippen LogP contribution in [0.5, 0.6) is 0 Å². The highest BCUT2D eigenvalue weighted by Crippen LogP contribution is 2.18. The summed E-state index contributed by atoms with van der Waals surface area (Å²) in [5.74, 6) is 0.342. The smallest absolute Gasteiger partial charge is 0.0690 e. The lowest BCUT2D eigenvalue weighted by molar-refractivity contribution is 0.0425. The molecule has 0 bridgehead atoms. The summed E-state index contributed by atoms with van der Waals surface area (Å²) < 4.78 is 5.04. The monoisotopic (exact) mass is 258 g/mol. The highest BCUT2D eigenvalue weighted by molar-refractivity contribution is 4.81. The Morgan fingerprint density at radius 3 is 2.83 bits per heavy atom. The number of piperidine rings is 1. The van der Waals surface area contributed by atoms with Gasteiger partial charge in [-0.15, -0.1) is 0 Å². The number of β-amino-alcohol motifs (C(OH)–C–C–N with tert-alkyl or cyclic N) is 1. The van der Waals surface area contributed by atoms with Crippen molar-refractivity contribution in [1.82, 2.24) is 10.2 Å². The molecule has 1 fully saturated rings. The van der Waals surface area contributed by atoms with E-state index in [0.29, 0.717) is 12.0 Å². The molecule has 0 aromatic carbocycles. The first kappa shape index (κ1) is 15.9. The second-order valence-corrected chi connectivity index (χ2v) is 5.65. The predicted octanol–water partition coefficient (Wildman–Crippen LogP) is 1.09. The Morgan fingerprint density at radius 2 is 2.17 bits per heavy atom. The number of aliphatic hydroxyl groups is 1. The van der Waals surface area contributed by atoms with Crippen molar-refractivity contribution in [3.63, 3.8) is 0 Å². The average Bonchev–Trinajstić information content (AvgIpc) is 2.36. The summed E-state index contributed by atoms with van der Waals surface area (Å²) in [6, 6.07) is 0.573. The van der Waals surface area contributed by atoms with Crippen molar-refractivity contribution in [2.75, 3.05) is 39.9 Å². The Kier molecular flexibility index (Phi) is 7.82. The molecule has 2 atom stereocenters. The van der Waals surface area contributed by atoms with Gasteiger partial charge in [-0.3, -0.25) is 4.90 Å². The Labute approximate surface area is 112 Å². The highest BCUT2D eigenvalue weighted by atomic mass is 16.5. The second-order valence-electron chi connectivity index (χ2n) is 5.65. The fourth-order valence-corrected chi connectivity index (χ4v) is 2.43. The molecule has 1 aliphatic heterocycles. The first-order valence-corrected chi connectivity index (χ1v) is 7.27. The number of nitrogens with one attached hydrogen (secondary N) is 1. The van der Waals surface area contributed by atoms with Crippen LogP contribution in [-0.2, 0) is 4.74 Å². The van der Waals surface area contributed by atoms with E-state index in [1.54, 1.807) is 7.11 Å². The van der Waals surface area contributed by atoms with Crippen LogP contribution in [0.3, 0.4) is 0 Å². The van der Waals surface area contributed by atoms with E-state index in [4.69, 9.17) is 4.74 Å². The largest absolute Gasteiger partial charge is 0.392 e. The molecular formula is C14H30N2O2. The van der Waals surface area contributed by atoms with Crippen LogP contribution in [0.4, 0.5) is 0 Å². The maximum absolute atomic E-state index is 10.0. The molecule has 0 aromatic heterocycles. The summed E-state index contributed by atoms with van der Waals surface area (Å²) in [7, 11) is 1.73. The molecule has 1 rings (SSSR count). The number of methoxy groups -OCH3 is 1. The second kappa shape index (κ2) is 8.86. The minimum Gasteiger partial charge on any atom is -0.392 e. The SMILES string of the molecule is COCCNCC1CCCCN1CC(O)C(C)C. The Bertz CT molecular complexity index is 212. The summed E-state index contributed by atoms with van der Waals surface area (Å²) in [4.78, 5) is 2.45. The van der Waals surface area contributed by atoms with Crippen molar-refractivity contribution in [3.05, 3.63) is 0 Å². The molecule has 0 saturated carbocycles. The van der Waals surface area contributed by atoms with Crippen molar-refractivity contribution in [2.24, 2.45) is 5.92 Å². The topological polar surface area (TPSA) is 44.7 Å². The third-order valence-electron chi connectivity index (χ3n) is 3.80. The maximum Gasteiger partial charge on any atom is 0.0690 e. The number of ether oxygens (including phenoxy) is 1. The van der Waals surface area contributed by atoms with Crippen molar-refractivity contribution < 1.29 is 9.84 Å². The van der Waals surface area contributed by atoms with E-state index in [2.05, 4.69) is 24.1 Å². The van der Waals surface area contributed by atoms with Gasteiger partial charge >= 0.3 is 0 Å². The summed E-state index contributed by atoms with van der Waals surface area (Å²) >= 11 is 0. The molecule has 18 heavy (non-hydrogen) atoms. The first-order valence-electron chi connectivity index (χ1n) is 7.27. The Morgan fingerprint density at radius 1 is 1.39 bits per heavy atom. The standard InChI is InChI=1S/C14H30N2O2/c1-12(2)14(17)11-16-8-5-4-6-13(16)10-15-7-9-18-3/h12-15,17H,4-11H2,1-3H3. The van der Waals surface area contributed by atoms with E-state index < -0.39 is 0 Å². The molecule has 1 heterocycles. The maximum atomic E-state index is 10.0. The van der Waals surface area contributed by atoms with E-state index in [-0.39, 0.29) is 6.10 Å². The van der Waals surface area contributed by atoms with Crippen LogP contribution in [-0.4, -0.2) is 62.0 Å². The molecule has 1 saturated heterocycles. The number of hydrogen-bond acceptors (Lipinski definition) is 4. The average molecular weight is 258 g/mol. The van der Waals surface area contributed by atoms with Gasteiger partial charge in [0, 0.05) is 32.8 Å². The van der Waals surface area contributed by atoms with Crippen LogP contribution in [0.2, 0.25) is 0 Å². The van der Waals surface area contributed by atoms with E-state index in [1.165, 1.54) is 19.3 Å². The molecular weight excluding hydrogens is 228 g/mol. The van der Waals surface area contributed by atoms with Gasteiger partial charge in [-0.1, -0.05) is 20.3 Å². The zero-order chi connectivity index (χ0) is 13.4. The summed E-state index contributed by atoms with van der Waals surface area (Å²) in [5.41, 5.74) is 0. The molecule has 1 aliphatic rings. The Balaban J connectivity index is 2.32. The van der Waals surface area contributed by atoms with Gasteiger partial charge in [-0.2, -0.15) is 0 Å². The lowest BCUT2D eigenvalue weighted by Gasteiger charge is -2.37. The van der Waals surface area contributed by atoms with Crippen molar-refractivity contribution >= 4 is 0 Å². The number of rotatable bonds is 8. The third kappa shape index (κ3) is 5.65. The minimum atomic E-state index is -0.204. The number of likely N-dealkylation sites (tertiary alicyclic amines) is 1. The molecule has 0 spiro atoms. The van der Waals surface area contributed by atoms with Gasteiger partial charge in [0.1, 0.15) is 0 Å². The van der Waals surface area contributed by atoms with Crippen LogP contribution < -0.4 is 5.32 Å². The molecule has 2 N–H and O–H groups in total. The highest BCUT2D eigenvalue weighted by Gasteiger charge is 2.24. The molecule has 2 unspecified atom stereocenters. The van der Waals surface area contributed by atoms with Crippen LogP contribution in [0.1, 0.15) is 33.1 Å². The lowest BCUT2D eigenvalue weighted by atomic mass is 9.99. The first-order chi connectivity index (χ1) is 8.65. The number of hydrogen-bond donors (Lipinski definition) is 2. The van der Waals surface area contributed by atoms with Crippen LogP contribution in [0.15, 0.2) is 0 Å². The van der Waals surface area contributed by atoms with E-state index in [1.807, 2.05) is 0 Å². The predicted molar refractivity (Wildman–Crippen MR) is 74.8 cm³/mol. The van der Waals surface area contributed by atoms with Gasteiger partial charge in [0.2, 0.25) is 0 Å².